The molecular weight excluding hydrogens is 294 g/mol. The number of carbonyl (C=O) groups is 1. The van der Waals surface area contributed by atoms with Crippen molar-refractivity contribution in [3.63, 3.8) is 0 Å². The van der Waals surface area contributed by atoms with Gasteiger partial charge in [0.15, 0.2) is 0 Å². The summed E-state index contributed by atoms with van der Waals surface area (Å²) in [6, 6.07) is 4.21. The summed E-state index contributed by atoms with van der Waals surface area (Å²) >= 11 is 5.95. The molecule has 0 spiro atoms. The zero-order chi connectivity index (χ0) is 15.4. The molecule has 1 atom stereocenters. The van der Waals surface area contributed by atoms with Gasteiger partial charge < -0.3 is 5.32 Å². The molecule has 114 valence electrons. The molecule has 1 N–H and O–H groups in total. The number of carbonyl (C=O) groups excluding carboxylic acids is 1. The number of amides is 1. The maximum absolute atomic E-state index is 12.2. The van der Waals surface area contributed by atoms with Crippen LogP contribution < -0.4 is 5.32 Å². The van der Waals surface area contributed by atoms with Gasteiger partial charge >= 0.3 is 0 Å². The van der Waals surface area contributed by atoms with Crippen molar-refractivity contribution in [1.29, 1.82) is 0 Å². The monoisotopic (exact) mass is 311 g/mol. The molecule has 7 heteroatoms. The summed E-state index contributed by atoms with van der Waals surface area (Å²) in [4.78, 5) is 24.7. The van der Waals surface area contributed by atoms with Gasteiger partial charge in [-0.2, -0.15) is 0 Å². The second-order valence-corrected chi connectivity index (χ2v) is 5.46. The number of nitro groups is 1. The number of nitro benzene ring substituents is 1. The first kappa shape index (κ1) is 15.7. The maximum Gasteiger partial charge on any atom is 0.270 e. The van der Waals surface area contributed by atoms with Gasteiger partial charge in [-0.15, -0.1) is 0 Å². The van der Waals surface area contributed by atoms with Gasteiger partial charge in [0.05, 0.1) is 15.5 Å². The highest BCUT2D eigenvalue weighted by molar-refractivity contribution is 6.33. The highest BCUT2D eigenvalue weighted by atomic mass is 35.5. The Kier molecular flexibility index (Phi) is 5.14. The van der Waals surface area contributed by atoms with Crippen LogP contribution >= 0.6 is 11.6 Å². The highest BCUT2D eigenvalue weighted by Gasteiger charge is 2.24. The number of rotatable bonds is 5. The number of hydrogen-bond acceptors (Lipinski definition) is 4. The molecule has 0 radical (unpaired) electrons. The summed E-state index contributed by atoms with van der Waals surface area (Å²) < 4.78 is 0. The van der Waals surface area contributed by atoms with Crippen molar-refractivity contribution in [3.8, 4) is 0 Å². The molecule has 2 rings (SSSR count). The van der Waals surface area contributed by atoms with E-state index in [1.807, 2.05) is 0 Å². The maximum atomic E-state index is 12.2. The van der Waals surface area contributed by atoms with E-state index in [0.717, 1.165) is 25.9 Å². The third-order valence-corrected chi connectivity index (χ3v) is 4.14. The number of nitrogens with zero attached hydrogens (tertiary/aromatic N) is 2. The van der Waals surface area contributed by atoms with Crippen LogP contribution in [-0.2, 0) is 0 Å². The molecule has 1 amide bonds. The lowest BCUT2D eigenvalue weighted by molar-refractivity contribution is -0.384. The Bertz CT molecular complexity index is 550. The third-order valence-electron chi connectivity index (χ3n) is 3.81. The van der Waals surface area contributed by atoms with Crippen molar-refractivity contribution in [2.24, 2.45) is 0 Å². The minimum absolute atomic E-state index is 0.138. The smallest absolute Gasteiger partial charge is 0.270 e. The van der Waals surface area contributed by atoms with Gasteiger partial charge in [-0.05, 0) is 32.0 Å². The molecule has 1 aromatic carbocycles. The Morgan fingerprint density at radius 1 is 1.57 bits per heavy atom. The number of benzene rings is 1. The van der Waals surface area contributed by atoms with E-state index < -0.39 is 4.92 Å². The van der Waals surface area contributed by atoms with E-state index in [1.165, 1.54) is 18.2 Å². The van der Waals surface area contributed by atoms with Gasteiger partial charge in [0.25, 0.3) is 11.6 Å². The summed E-state index contributed by atoms with van der Waals surface area (Å²) in [5.74, 6) is -0.369. The topological polar surface area (TPSA) is 75.5 Å². The predicted molar refractivity (Wildman–Crippen MR) is 80.7 cm³/mol. The molecule has 1 unspecified atom stereocenters. The lowest BCUT2D eigenvalue weighted by atomic mass is 10.1. The first-order valence-electron chi connectivity index (χ1n) is 6.99. The molecule has 1 saturated heterocycles. The highest BCUT2D eigenvalue weighted by Crippen LogP contribution is 2.22. The zero-order valence-electron chi connectivity index (χ0n) is 11.8. The lowest BCUT2D eigenvalue weighted by Crippen LogP contribution is -2.40. The first-order valence-corrected chi connectivity index (χ1v) is 7.37. The quantitative estimate of drug-likeness (QED) is 0.669. The Balaban J connectivity index is 2.03. The van der Waals surface area contributed by atoms with E-state index in [4.69, 9.17) is 11.6 Å². The van der Waals surface area contributed by atoms with E-state index >= 15 is 0 Å². The third kappa shape index (κ3) is 3.71. The Morgan fingerprint density at radius 2 is 2.33 bits per heavy atom. The number of likely N-dealkylation sites (tertiary alicyclic amines) is 1. The van der Waals surface area contributed by atoms with Gasteiger partial charge in [0, 0.05) is 24.7 Å². The fourth-order valence-electron chi connectivity index (χ4n) is 2.65. The van der Waals surface area contributed by atoms with Crippen molar-refractivity contribution in [1.82, 2.24) is 10.2 Å². The summed E-state index contributed by atoms with van der Waals surface area (Å²) in [6.45, 7) is 4.63. The molecule has 1 aromatic rings. The zero-order valence-corrected chi connectivity index (χ0v) is 12.6. The van der Waals surface area contributed by atoms with Crippen LogP contribution in [0.5, 0.6) is 0 Å². The van der Waals surface area contributed by atoms with Crippen molar-refractivity contribution in [2.45, 2.75) is 25.8 Å². The van der Waals surface area contributed by atoms with Crippen molar-refractivity contribution < 1.29 is 9.72 Å². The number of halogens is 1. The largest absolute Gasteiger partial charge is 0.350 e. The van der Waals surface area contributed by atoms with Crippen molar-refractivity contribution in [3.05, 3.63) is 38.9 Å². The number of nitrogens with one attached hydrogen (secondary N) is 1. The van der Waals surface area contributed by atoms with Crippen LogP contribution in [0.3, 0.4) is 0 Å². The van der Waals surface area contributed by atoms with Crippen molar-refractivity contribution >= 4 is 23.2 Å². The van der Waals surface area contributed by atoms with Gasteiger partial charge in [-0.25, -0.2) is 0 Å². The second-order valence-electron chi connectivity index (χ2n) is 5.06. The molecular formula is C14H18ClN3O3. The number of likely N-dealkylation sites (N-methyl/N-ethyl adjacent to an activating group) is 1. The summed E-state index contributed by atoms with van der Waals surface area (Å²) in [6.07, 6.45) is 2.18. The SMILES string of the molecule is CCN1CCCC1CNC(=O)c1cc([N+](=O)[O-])ccc1Cl. The van der Waals surface area contributed by atoms with E-state index in [0.29, 0.717) is 12.6 Å². The van der Waals surface area contributed by atoms with E-state index in [-0.39, 0.29) is 22.2 Å². The van der Waals surface area contributed by atoms with Gasteiger partial charge in [0.1, 0.15) is 0 Å². The molecule has 1 heterocycles. The molecule has 6 nitrogen and oxygen atoms in total. The van der Waals surface area contributed by atoms with Crippen LogP contribution in [0, 0.1) is 10.1 Å². The first-order chi connectivity index (χ1) is 10.0. The average Bonchev–Trinajstić information content (AvgIpc) is 2.92. The van der Waals surface area contributed by atoms with Gasteiger partial charge in [-0.3, -0.25) is 19.8 Å². The molecule has 0 aliphatic carbocycles. The average molecular weight is 312 g/mol. The standard InChI is InChI=1S/C14H18ClN3O3/c1-2-17-7-3-4-11(17)9-16-14(19)12-8-10(18(20)21)5-6-13(12)15/h5-6,8,11H,2-4,7,9H2,1H3,(H,16,19). The van der Waals surface area contributed by atoms with Crippen LogP contribution in [0.1, 0.15) is 30.1 Å². The lowest BCUT2D eigenvalue weighted by Gasteiger charge is -2.22. The van der Waals surface area contributed by atoms with Crippen LogP contribution in [0.15, 0.2) is 18.2 Å². The Hall–Kier alpha value is -1.66. The van der Waals surface area contributed by atoms with E-state index in [2.05, 4.69) is 17.1 Å². The normalized spacial score (nSPS) is 18.7. The van der Waals surface area contributed by atoms with Crippen LogP contribution in [0.4, 0.5) is 5.69 Å². The van der Waals surface area contributed by atoms with Gasteiger partial charge in [0.2, 0.25) is 0 Å². The summed E-state index contributed by atoms with van der Waals surface area (Å²) in [5.41, 5.74) is 0.00696. The number of hydrogen-bond donors (Lipinski definition) is 1. The van der Waals surface area contributed by atoms with Crippen LogP contribution in [-0.4, -0.2) is 41.4 Å². The van der Waals surface area contributed by atoms with Crippen LogP contribution in [0.25, 0.3) is 0 Å². The minimum Gasteiger partial charge on any atom is -0.350 e. The fraction of sp³-hybridized carbons (Fsp3) is 0.500. The molecule has 1 aliphatic rings. The minimum atomic E-state index is -0.539. The molecule has 0 bridgehead atoms. The summed E-state index contributed by atoms with van der Waals surface area (Å²) in [5, 5.41) is 13.8. The molecule has 21 heavy (non-hydrogen) atoms. The molecule has 1 aliphatic heterocycles. The van der Waals surface area contributed by atoms with Crippen molar-refractivity contribution in [2.75, 3.05) is 19.6 Å². The predicted octanol–water partition coefficient (Wildman–Crippen LogP) is 2.46. The Labute approximate surface area is 128 Å². The molecule has 0 aromatic heterocycles. The van der Waals surface area contributed by atoms with Gasteiger partial charge in [-0.1, -0.05) is 18.5 Å². The number of non-ortho nitro benzene ring substituents is 1. The molecule has 0 saturated carbocycles. The second kappa shape index (κ2) is 6.87. The molecule has 1 fully saturated rings. The summed E-state index contributed by atoms with van der Waals surface area (Å²) in [7, 11) is 0. The fourth-order valence-corrected chi connectivity index (χ4v) is 2.85. The Morgan fingerprint density at radius 3 is 3.00 bits per heavy atom. The van der Waals surface area contributed by atoms with E-state index in [1.54, 1.807) is 0 Å². The van der Waals surface area contributed by atoms with E-state index in [9.17, 15) is 14.9 Å². The van der Waals surface area contributed by atoms with Crippen LogP contribution in [0.2, 0.25) is 5.02 Å².